The van der Waals surface area contributed by atoms with Gasteiger partial charge in [0.15, 0.2) is 0 Å². The first-order chi connectivity index (χ1) is 6.22. The van der Waals surface area contributed by atoms with Gasteiger partial charge in [-0.3, -0.25) is 0 Å². The smallest absolute Gasteiger partial charge is 0.0117 e. The van der Waals surface area contributed by atoms with Crippen LogP contribution in [0.3, 0.4) is 0 Å². The van der Waals surface area contributed by atoms with E-state index in [2.05, 4.69) is 32.1 Å². The molecule has 1 nitrogen and oxygen atoms in total. The molecule has 0 fully saturated rings. The molecule has 0 aliphatic rings. The van der Waals surface area contributed by atoms with E-state index in [0.29, 0.717) is 0 Å². The van der Waals surface area contributed by atoms with Crippen LogP contribution in [-0.4, -0.2) is 6.21 Å². The van der Waals surface area contributed by atoms with Crippen molar-refractivity contribution in [1.29, 1.82) is 5.41 Å². The molecule has 1 N–H and O–H groups in total. The maximum Gasteiger partial charge on any atom is 0.0117 e. The second-order valence-electron chi connectivity index (χ2n) is 2.70. The molecule has 1 unspecified atom stereocenters. The average Bonchev–Trinajstić information content (AvgIpc) is 2.20. The zero-order chi connectivity index (χ0) is 10.7. The molecule has 0 aromatic heterocycles. The van der Waals surface area contributed by atoms with Gasteiger partial charge >= 0.3 is 0 Å². The summed E-state index contributed by atoms with van der Waals surface area (Å²) in [7, 11) is 0. The summed E-state index contributed by atoms with van der Waals surface area (Å²) in [6, 6.07) is 0. The van der Waals surface area contributed by atoms with E-state index in [1.54, 1.807) is 0 Å². The Labute approximate surface area is 83.1 Å². The van der Waals surface area contributed by atoms with Crippen LogP contribution in [0.25, 0.3) is 0 Å². The Kier molecular flexibility index (Phi) is 12.6. The number of hydrogen-bond acceptors (Lipinski definition) is 1. The standard InChI is InChI=1S/C10H17N.C2H6/c1-4-5-6-7-9(2)10(3)8-11;1-2/h5-8,10-11H,4H2,1-3H3;1-2H3/b6-5-,9-7-,11-8?;. The first-order valence-corrected chi connectivity index (χ1v) is 5.06. The largest absolute Gasteiger partial charge is 0.312 e. The topological polar surface area (TPSA) is 23.9 Å². The average molecular weight is 181 g/mol. The zero-order valence-corrected chi connectivity index (χ0v) is 9.59. The number of rotatable bonds is 4. The molecule has 76 valence electrons. The van der Waals surface area contributed by atoms with Gasteiger partial charge < -0.3 is 5.41 Å². The van der Waals surface area contributed by atoms with Crippen LogP contribution in [0.5, 0.6) is 0 Å². The second kappa shape index (κ2) is 11.2. The van der Waals surface area contributed by atoms with Crippen molar-refractivity contribution in [3.63, 3.8) is 0 Å². The van der Waals surface area contributed by atoms with Gasteiger partial charge in [0.05, 0.1) is 0 Å². The summed E-state index contributed by atoms with van der Waals surface area (Å²) in [5, 5.41) is 7.03. The molecule has 1 heteroatoms. The Morgan fingerprint density at radius 2 is 1.92 bits per heavy atom. The Morgan fingerprint density at radius 3 is 2.31 bits per heavy atom. The van der Waals surface area contributed by atoms with Crippen LogP contribution >= 0.6 is 0 Å². The maximum atomic E-state index is 7.03. The molecule has 0 bridgehead atoms. The van der Waals surface area contributed by atoms with Crippen molar-refractivity contribution in [2.45, 2.75) is 41.0 Å². The first kappa shape index (κ1) is 14.7. The third kappa shape index (κ3) is 9.06. The summed E-state index contributed by atoms with van der Waals surface area (Å²) < 4.78 is 0. The van der Waals surface area contributed by atoms with Crippen LogP contribution in [0.15, 0.2) is 23.8 Å². The highest BCUT2D eigenvalue weighted by molar-refractivity contribution is 5.60. The SMILES string of the molecule is CC.CC/C=C\C=C(\C)C(C)C=N. The fourth-order valence-electron chi connectivity index (χ4n) is 0.639. The van der Waals surface area contributed by atoms with Gasteiger partial charge in [0.25, 0.3) is 0 Å². The lowest BCUT2D eigenvalue weighted by Crippen LogP contribution is -1.95. The van der Waals surface area contributed by atoms with E-state index in [0.717, 1.165) is 6.42 Å². The third-order valence-corrected chi connectivity index (χ3v) is 1.70. The molecule has 0 spiro atoms. The summed E-state index contributed by atoms with van der Waals surface area (Å²) in [5.41, 5.74) is 1.24. The monoisotopic (exact) mass is 181 g/mol. The van der Waals surface area contributed by atoms with Gasteiger partial charge in [0, 0.05) is 12.1 Å². The molecule has 0 radical (unpaired) electrons. The molecular formula is C12H23N. The highest BCUT2D eigenvalue weighted by Gasteiger charge is 1.96. The van der Waals surface area contributed by atoms with Gasteiger partial charge in [-0.2, -0.15) is 0 Å². The lowest BCUT2D eigenvalue weighted by atomic mass is 10.0. The molecule has 0 heterocycles. The molecule has 0 aromatic carbocycles. The highest BCUT2D eigenvalue weighted by atomic mass is 14.3. The Bertz CT molecular complexity index is 166. The molecular weight excluding hydrogens is 158 g/mol. The zero-order valence-electron chi connectivity index (χ0n) is 9.59. The van der Waals surface area contributed by atoms with E-state index in [1.807, 2.05) is 20.8 Å². The van der Waals surface area contributed by atoms with Crippen LogP contribution in [0.1, 0.15) is 41.0 Å². The summed E-state index contributed by atoms with van der Waals surface area (Å²) in [6.45, 7) is 10.2. The van der Waals surface area contributed by atoms with Gasteiger partial charge in [-0.25, -0.2) is 0 Å². The number of hydrogen-bond donors (Lipinski definition) is 1. The summed E-state index contributed by atoms with van der Waals surface area (Å²) >= 11 is 0. The molecule has 13 heavy (non-hydrogen) atoms. The van der Waals surface area contributed by atoms with Gasteiger partial charge in [-0.1, -0.05) is 51.5 Å². The van der Waals surface area contributed by atoms with E-state index in [9.17, 15) is 0 Å². The van der Waals surface area contributed by atoms with Crippen LogP contribution < -0.4 is 0 Å². The summed E-state index contributed by atoms with van der Waals surface area (Å²) in [4.78, 5) is 0. The van der Waals surface area contributed by atoms with Gasteiger partial charge in [-0.05, 0) is 13.3 Å². The fraction of sp³-hybridized carbons (Fsp3) is 0.583. The van der Waals surface area contributed by atoms with Crippen molar-refractivity contribution in [1.82, 2.24) is 0 Å². The van der Waals surface area contributed by atoms with Gasteiger partial charge in [0.2, 0.25) is 0 Å². The molecule has 0 saturated carbocycles. The van der Waals surface area contributed by atoms with Gasteiger partial charge in [-0.15, -0.1) is 0 Å². The minimum atomic E-state index is 0.275. The molecule has 0 rings (SSSR count). The Morgan fingerprint density at radius 1 is 1.38 bits per heavy atom. The van der Waals surface area contributed by atoms with Crippen molar-refractivity contribution in [2.75, 3.05) is 0 Å². The van der Waals surface area contributed by atoms with Crippen LogP contribution in [0.2, 0.25) is 0 Å². The quantitative estimate of drug-likeness (QED) is 0.496. The molecule has 0 aliphatic heterocycles. The van der Waals surface area contributed by atoms with Crippen molar-refractivity contribution in [2.24, 2.45) is 5.92 Å². The van der Waals surface area contributed by atoms with Gasteiger partial charge in [0.1, 0.15) is 0 Å². The van der Waals surface area contributed by atoms with E-state index in [4.69, 9.17) is 5.41 Å². The van der Waals surface area contributed by atoms with E-state index in [-0.39, 0.29) is 5.92 Å². The maximum absolute atomic E-state index is 7.03. The van der Waals surface area contributed by atoms with Crippen molar-refractivity contribution < 1.29 is 0 Å². The van der Waals surface area contributed by atoms with Crippen molar-refractivity contribution >= 4 is 6.21 Å². The second-order valence-corrected chi connectivity index (χ2v) is 2.70. The van der Waals surface area contributed by atoms with E-state index < -0.39 is 0 Å². The van der Waals surface area contributed by atoms with Crippen molar-refractivity contribution in [3.8, 4) is 0 Å². The predicted octanol–water partition coefficient (Wildman–Crippen LogP) is 4.21. The predicted molar refractivity (Wildman–Crippen MR) is 62.5 cm³/mol. The van der Waals surface area contributed by atoms with Crippen LogP contribution in [-0.2, 0) is 0 Å². The minimum Gasteiger partial charge on any atom is -0.312 e. The molecule has 0 aromatic rings. The molecule has 0 aliphatic carbocycles. The van der Waals surface area contributed by atoms with Crippen LogP contribution in [0, 0.1) is 11.3 Å². The minimum absolute atomic E-state index is 0.275. The van der Waals surface area contributed by atoms with E-state index >= 15 is 0 Å². The third-order valence-electron chi connectivity index (χ3n) is 1.70. The summed E-state index contributed by atoms with van der Waals surface area (Å²) in [6.07, 6.45) is 8.77. The first-order valence-electron chi connectivity index (χ1n) is 5.06. The highest BCUT2D eigenvalue weighted by Crippen LogP contribution is 2.06. The van der Waals surface area contributed by atoms with Crippen LogP contribution in [0.4, 0.5) is 0 Å². The number of allylic oxidation sites excluding steroid dienone is 4. The van der Waals surface area contributed by atoms with Crippen molar-refractivity contribution in [3.05, 3.63) is 23.8 Å². The number of nitrogens with one attached hydrogen (secondary N) is 1. The van der Waals surface area contributed by atoms with E-state index in [1.165, 1.54) is 11.8 Å². The molecule has 1 atom stereocenters. The molecule has 0 saturated heterocycles. The Hall–Kier alpha value is -0.850. The summed E-state index contributed by atoms with van der Waals surface area (Å²) in [5.74, 6) is 0.275. The lowest BCUT2D eigenvalue weighted by Gasteiger charge is -2.02. The lowest BCUT2D eigenvalue weighted by molar-refractivity contribution is 0.929. The molecule has 0 amide bonds. The fourth-order valence-corrected chi connectivity index (χ4v) is 0.639. The normalized spacial score (nSPS) is 13.5. The Balaban J connectivity index is 0.